The summed E-state index contributed by atoms with van der Waals surface area (Å²) in [6.07, 6.45) is 6.05. The van der Waals surface area contributed by atoms with Crippen molar-refractivity contribution in [2.75, 3.05) is 43.6 Å². The van der Waals surface area contributed by atoms with Crippen LogP contribution in [0.4, 0.5) is 5.69 Å². The Balaban J connectivity index is 1.28. The molecule has 42 heavy (non-hydrogen) atoms. The Morgan fingerprint density at radius 3 is 2.81 bits per heavy atom. The van der Waals surface area contributed by atoms with E-state index in [0.717, 1.165) is 68.1 Å². The van der Waals surface area contributed by atoms with E-state index in [-0.39, 0.29) is 35.9 Å². The lowest BCUT2D eigenvalue weighted by molar-refractivity contribution is -0.139. The molecule has 8 nitrogen and oxygen atoms in total. The van der Waals surface area contributed by atoms with Crippen LogP contribution in [0, 0.1) is 17.8 Å². The van der Waals surface area contributed by atoms with E-state index < -0.39 is 15.9 Å². The van der Waals surface area contributed by atoms with E-state index in [1.807, 2.05) is 12.1 Å². The molecule has 3 aliphatic heterocycles. The van der Waals surface area contributed by atoms with Crippen molar-refractivity contribution in [2.24, 2.45) is 17.8 Å². The number of fused-ring (bicyclic) bond motifs is 7. The number of carbonyl (C=O) groups is 1. The number of aryl methyl sites for hydroxylation is 1. The highest BCUT2D eigenvalue weighted by molar-refractivity contribution is 7.90. The summed E-state index contributed by atoms with van der Waals surface area (Å²) in [4.78, 5) is 15.6. The number of rotatable bonds is 0. The fraction of sp³-hybridized carbons (Fsp3) is 0.594. The second kappa shape index (κ2) is 11.0. The molecule has 3 heterocycles. The third kappa shape index (κ3) is 5.31. The second-order valence-corrected chi connectivity index (χ2v) is 15.3. The van der Waals surface area contributed by atoms with E-state index in [1.54, 1.807) is 12.1 Å². The van der Waals surface area contributed by atoms with Crippen LogP contribution < -0.4 is 14.4 Å². The number of halogens is 1. The molecule has 1 unspecified atom stereocenters. The first kappa shape index (κ1) is 28.4. The van der Waals surface area contributed by atoms with E-state index in [4.69, 9.17) is 25.8 Å². The van der Waals surface area contributed by atoms with Gasteiger partial charge in [0.05, 0.1) is 43.5 Å². The number of sulfonamides is 1. The van der Waals surface area contributed by atoms with Crippen LogP contribution in [-0.2, 0) is 31.3 Å². The summed E-state index contributed by atoms with van der Waals surface area (Å²) >= 11 is 6.41. The van der Waals surface area contributed by atoms with Crippen molar-refractivity contribution in [3.63, 3.8) is 0 Å². The summed E-state index contributed by atoms with van der Waals surface area (Å²) in [5, 5.41) is 0.751. The predicted octanol–water partition coefficient (Wildman–Crippen LogP) is 4.72. The number of nitrogens with zero attached hydrogens (tertiary/aromatic N) is 1. The Morgan fingerprint density at radius 2 is 1.98 bits per heavy atom. The summed E-state index contributed by atoms with van der Waals surface area (Å²) in [5.74, 6) is 0.841. The number of hydrogen-bond acceptors (Lipinski definition) is 7. The zero-order valence-corrected chi connectivity index (χ0v) is 25.6. The molecule has 1 amide bonds. The first-order valence-corrected chi connectivity index (χ1v) is 17.3. The van der Waals surface area contributed by atoms with Crippen LogP contribution in [0.2, 0.25) is 5.02 Å². The quantitative estimate of drug-likeness (QED) is 0.459. The molecule has 226 valence electrons. The molecule has 2 aliphatic carbocycles. The Bertz CT molecular complexity index is 1480. The van der Waals surface area contributed by atoms with E-state index in [1.165, 1.54) is 11.1 Å². The average molecular weight is 615 g/mol. The molecule has 7 rings (SSSR count). The molecule has 2 aromatic carbocycles. The average Bonchev–Trinajstić information content (AvgIpc) is 3.09. The largest absolute Gasteiger partial charge is 0.490 e. The van der Waals surface area contributed by atoms with Gasteiger partial charge in [0.15, 0.2) is 0 Å². The van der Waals surface area contributed by atoms with Crippen molar-refractivity contribution in [3.05, 3.63) is 58.1 Å². The van der Waals surface area contributed by atoms with Gasteiger partial charge in [-0.2, -0.15) is 0 Å². The van der Waals surface area contributed by atoms with Crippen LogP contribution >= 0.6 is 11.6 Å². The van der Waals surface area contributed by atoms with Gasteiger partial charge < -0.3 is 19.1 Å². The van der Waals surface area contributed by atoms with Crippen LogP contribution in [-0.4, -0.2) is 65.2 Å². The SMILES string of the molecule is C[C@H]1CO[C@H]2C[C@@H]1OCCS(=O)(=O)NC(=O)c1ccc3c(c1)N(C[C@@H]1CCC12)C[C@@]1(CCCc2cc(Cl)ccc21)CO3. The number of anilines is 1. The van der Waals surface area contributed by atoms with Crippen molar-refractivity contribution in [3.8, 4) is 5.75 Å². The number of ether oxygens (including phenoxy) is 3. The number of amides is 1. The first-order valence-electron chi connectivity index (χ1n) is 15.3. The van der Waals surface area contributed by atoms with Gasteiger partial charge in [0.2, 0.25) is 10.0 Å². The zero-order chi connectivity index (χ0) is 29.1. The van der Waals surface area contributed by atoms with Crippen molar-refractivity contribution in [1.82, 2.24) is 4.72 Å². The van der Waals surface area contributed by atoms with Crippen molar-refractivity contribution >= 4 is 33.2 Å². The van der Waals surface area contributed by atoms with Gasteiger partial charge in [-0.3, -0.25) is 4.79 Å². The fourth-order valence-electron chi connectivity index (χ4n) is 7.85. The van der Waals surface area contributed by atoms with Gasteiger partial charge in [-0.1, -0.05) is 24.6 Å². The summed E-state index contributed by atoms with van der Waals surface area (Å²) < 4.78 is 47.0. The topological polar surface area (TPSA) is 94.2 Å². The molecule has 0 aromatic heterocycles. The minimum atomic E-state index is -3.87. The van der Waals surface area contributed by atoms with E-state index >= 15 is 0 Å². The minimum absolute atomic E-state index is 0.0407. The van der Waals surface area contributed by atoms with Crippen molar-refractivity contribution < 1.29 is 27.4 Å². The van der Waals surface area contributed by atoms with Gasteiger partial charge in [0.25, 0.3) is 5.91 Å². The highest BCUT2D eigenvalue weighted by Crippen LogP contribution is 2.47. The summed E-state index contributed by atoms with van der Waals surface area (Å²) in [5.41, 5.74) is 3.48. The number of hydrogen-bond donors (Lipinski definition) is 1. The van der Waals surface area contributed by atoms with E-state index in [2.05, 4.69) is 28.7 Å². The maximum Gasteiger partial charge on any atom is 0.264 e. The highest BCUT2D eigenvalue weighted by Gasteiger charge is 2.46. The molecule has 4 bridgehead atoms. The van der Waals surface area contributed by atoms with Gasteiger partial charge >= 0.3 is 0 Å². The maximum atomic E-state index is 13.2. The van der Waals surface area contributed by atoms with Crippen LogP contribution in [0.15, 0.2) is 36.4 Å². The normalized spacial score (nSPS) is 34.2. The molecule has 5 aliphatic rings. The maximum absolute atomic E-state index is 13.2. The number of benzene rings is 2. The summed E-state index contributed by atoms with van der Waals surface area (Å²) in [6.45, 7) is 4.83. The summed E-state index contributed by atoms with van der Waals surface area (Å²) in [6, 6.07) is 11.5. The third-order valence-corrected chi connectivity index (χ3v) is 11.7. The smallest absolute Gasteiger partial charge is 0.264 e. The lowest BCUT2D eigenvalue weighted by Crippen LogP contribution is -2.51. The molecule has 1 saturated carbocycles. The molecule has 1 saturated heterocycles. The molecule has 0 radical (unpaired) electrons. The Labute approximate surface area is 253 Å². The molecule has 1 N–H and O–H groups in total. The van der Waals surface area contributed by atoms with Gasteiger partial charge in [-0.05, 0) is 85.4 Å². The van der Waals surface area contributed by atoms with E-state index in [9.17, 15) is 13.2 Å². The fourth-order valence-corrected chi connectivity index (χ4v) is 8.87. The van der Waals surface area contributed by atoms with Crippen LogP contribution in [0.5, 0.6) is 5.75 Å². The molecule has 6 atom stereocenters. The van der Waals surface area contributed by atoms with Gasteiger partial charge in [-0.25, -0.2) is 13.1 Å². The van der Waals surface area contributed by atoms with Crippen LogP contribution in [0.25, 0.3) is 0 Å². The molecular formula is C32H39ClN2O6S. The number of nitrogens with one attached hydrogen (secondary N) is 1. The standard InChI is InChI=1S/C32H39ClN2O6S/c1-20-17-40-30-15-29(20)39-11-12-42(37,38)34-31(36)22-5-9-28-27(14-22)35(16-23-4-7-25(23)30)18-32(19-41-28)10-2-3-21-13-24(33)6-8-26(21)32/h5-6,8-9,13-14,20,23,25,29-30H,2-4,7,10-12,15-19H2,1H3,(H,34,36)/t20-,23-,25?,29-,30-,32-/m0/s1. The zero-order valence-electron chi connectivity index (χ0n) is 24.0. The van der Waals surface area contributed by atoms with Gasteiger partial charge in [-0.15, -0.1) is 0 Å². The van der Waals surface area contributed by atoms with E-state index in [0.29, 0.717) is 30.6 Å². The Kier molecular flexibility index (Phi) is 7.44. The van der Waals surface area contributed by atoms with Crippen LogP contribution in [0.1, 0.15) is 60.5 Å². The summed E-state index contributed by atoms with van der Waals surface area (Å²) in [7, 11) is -3.87. The van der Waals surface area contributed by atoms with Crippen molar-refractivity contribution in [1.29, 1.82) is 0 Å². The van der Waals surface area contributed by atoms with Gasteiger partial charge in [0.1, 0.15) is 5.75 Å². The lowest BCUT2D eigenvalue weighted by Gasteiger charge is -2.48. The monoisotopic (exact) mass is 614 g/mol. The molecular weight excluding hydrogens is 576 g/mol. The van der Waals surface area contributed by atoms with Gasteiger partial charge in [0, 0.05) is 41.4 Å². The Hall–Kier alpha value is -2.33. The third-order valence-electron chi connectivity index (χ3n) is 10.3. The van der Waals surface area contributed by atoms with Crippen LogP contribution in [0.3, 0.4) is 0 Å². The predicted molar refractivity (Wildman–Crippen MR) is 161 cm³/mol. The molecule has 1 spiro atoms. The lowest BCUT2D eigenvalue weighted by atomic mass is 9.67. The number of carbonyl (C=O) groups excluding carboxylic acids is 1. The Morgan fingerprint density at radius 1 is 1.10 bits per heavy atom. The molecule has 10 heteroatoms. The molecule has 2 fully saturated rings. The second-order valence-electron chi connectivity index (χ2n) is 13.0. The first-order chi connectivity index (χ1) is 20.2. The van der Waals surface area contributed by atoms with Crippen molar-refractivity contribution in [2.45, 2.75) is 63.1 Å². The highest BCUT2D eigenvalue weighted by atomic mass is 35.5. The minimum Gasteiger partial charge on any atom is -0.490 e. The molecule has 2 aromatic rings.